The predicted molar refractivity (Wildman–Crippen MR) is 73.0 cm³/mol. The lowest BCUT2D eigenvalue weighted by molar-refractivity contribution is -0.139. The number of nitrogens with two attached hydrogens (primary N) is 1. The minimum atomic E-state index is -0.996. The lowest BCUT2D eigenvalue weighted by atomic mass is 10.2. The molecule has 0 radical (unpaired) electrons. The van der Waals surface area contributed by atoms with Crippen molar-refractivity contribution >= 4 is 39.3 Å². The van der Waals surface area contributed by atoms with Crippen LogP contribution in [0.1, 0.15) is 6.42 Å². The van der Waals surface area contributed by atoms with Crippen molar-refractivity contribution in [2.75, 3.05) is 5.75 Å². The number of aliphatic carboxylic acids is 1. The molecule has 4 nitrogen and oxygen atoms in total. The molecule has 1 aromatic heterocycles. The van der Waals surface area contributed by atoms with Crippen molar-refractivity contribution in [2.45, 2.75) is 16.3 Å². The van der Waals surface area contributed by atoms with E-state index in [0.717, 1.165) is 20.3 Å². The van der Waals surface area contributed by atoms with Crippen LogP contribution < -0.4 is 5.73 Å². The van der Waals surface area contributed by atoms with Gasteiger partial charge in [-0.25, -0.2) is 4.98 Å². The molecule has 1 heterocycles. The fourth-order valence-corrected chi connectivity index (χ4v) is 4.23. The van der Waals surface area contributed by atoms with Gasteiger partial charge in [0.1, 0.15) is 5.54 Å². The number of carbonyl (C=O) groups is 1. The number of para-hydroxylation sites is 1. The number of carboxylic acids is 1. The predicted octanol–water partition coefficient (Wildman–Crippen LogP) is 2.19. The second kappa shape index (κ2) is 4.22. The Morgan fingerprint density at radius 1 is 1.61 bits per heavy atom. The van der Waals surface area contributed by atoms with Crippen LogP contribution in [0, 0.1) is 5.92 Å². The van der Waals surface area contributed by atoms with Crippen LogP contribution in [0.3, 0.4) is 0 Å². The minimum Gasteiger partial charge on any atom is -0.480 e. The molecule has 0 amide bonds. The Balaban J connectivity index is 1.66. The van der Waals surface area contributed by atoms with Gasteiger partial charge in [-0.3, -0.25) is 4.79 Å². The minimum absolute atomic E-state index is 0.0620. The topological polar surface area (TPSA) is 76.2 Å². The lowest BCUT2D eigenvalue weighted by Crippen LogP contribution is -2.35. The molecule has 2 atom stereocenters. The van der Waals surface area contributed by atoms with Gasteiger partial charge in [-0.2, -0.15) is 0 Å². The Bertz CT molecular complexity index is 580. The van der Waals surface area contributed by atoms with Crippen molar-refractivity contribution in [3.63, 3.8) is 0 Å². The summed E-state index contributed by atoms with van der Waals surface area (Å²) < 4.78 is 2.14. The van der Waals surface area contributed by atoms with E-state index in [1.807, 2.05) is 24.3 Å². The van der Waals surface area contributed by atoms with Crippen molar-refractivity contribution in [3.05, 3.63) is 24.3 Å². The van der Waals surface area contributed by atoms with Crippen molar-refractivity contribution < 1.29 is 9.90 Å². The van der Waals surface area contributed by atoms with Gasteiger partial charge in [-0.15, -0.1) is 11.3 Å². The molecule has 0 unspecified atom stereocenters. The molecule has 1 aromatic carbocycles. The number of nitrogens with zero attached hydrogens (tertiary/aromatic N) is 1. The van der Waals surface area contributed by atoms with Crippen LogP contribution in [0.4, 0.5) is 0 Å². The first-order valence-corrected chi connectivity index (χ1v) is 7.40. The van der Waals surface area contributed by atoms with Crippen molar-refractivity contribution in [1.82, 2.24) is 4.98 Å². The van der Waals surface area contributed by atoms with E-state index in [-0.39, 0.29) is 5.92 Å². The molecule has 1 aliphatic rings. The number of carboxylic acid groups (broad SMARTS) is 1. The molecule has 3 rings (SSSR count). The van der Waals surface area contributed by atoms with Gasteiger partial charge in [0, 0.05) is 5.75 Å². The van der Waals surface area contributed by atoms with Crippen molar-refractivity contribution in [2.24, 2.45) is 11.7 Å². The SMILES string of the molecule is N[C@@]1(C(=O)O)C[C@H]1CSc1nc2ccccc2s1. The summed E-state index contributed by atoms with van der Waals surface area (Å²) in [5.41, 5.74) is 5.74. The maximum Gasteiger partial charge on any atom is 0.324 e. The Morgan fingerprint density at radius 2 is 2.39 bits per heavy atom. The number of fused-ring (bicyclic) bond motifs is 1. The van der Waals surface area contributed by atoms with E-state index in [1.165, 1.54) is 0 Å². The largest absolute Gasteiger partial charge is 0.480 e. The van der Waals surface area contributed by atoms with Crippen LogP contribution in [0.15, 0.2) is 28.6 Å². The molecule has 0 aliphatic heterocycles. The van der Waals surface area contributed by atoms with E-state index in [4.69, 9.17) is 10.8 Å². The third-order valence-electron chi connectivity index (χ3n) is 3.23. The van der Waals surface area contributed by atoms with Crippen molar-refractivity contribution in [3.8, 4) is 0 Å². The fourth-order valence-electron chi connectivity index (χ4n) is 1.90. The smallest absolute Gasteiger partial charge is 0.324 e. The van der Waals surface area contributed by atoms with Crippen LogP contribution >= 0.6 is 23.1 Å². The van der Waals surface area contributed by atoms with Crippen LogP contribution in [0.5, 0.6) is 0 Å². The summed E-state index contributed by atoms with van der Waals surface area (Å²) >= 11 is 3.24. The number of aromatic nitrogens is 1. The molecular weight excluding hydrogens is 268 g/mol. The summed E-state index contributed by atoms with van der Waals surface area (Å²) in [5.74, 6) is -0.104. The summed E-state index contributed by atoms with van der Waals surface area (Å²) in [6.45, 7) is 0. The molecule has 0 saturated heterocycles. The molecule has 94 valence electrons. The van der Waals surface area contributed by atoms with Crippen molar-refractivity contribution in [1.29, 1.82) is 0 Å². The number of hydrogen-bond donors (Lipinski definition) is 2. The highest BCUT2D eigenvalue weighted by atomic mass is 32.2. The van der Waals surface area contributed by atoms with Gasteiger partial charge in [0.05, 0.1) is 10.2 Å². The molecular formula is C12H12N2O2S2. The van der Waals surface area contributed by atoms with Gasteiger partial charge in [0.15, 0.2) is 4.34 Å². The quantitative estimate of drug-likeness (QED) is 0.840. The van der Waals surface area contributed by atoms with Crippen LogP contribution in [-0.4, -0.2) is 27.4 Å². The molecule has 0 bridgehead atoms. The van der Waals surface area contributed by atoms with Crippen LogP contribution in [-0.2, 0) is 4.79 Å². The Hall–Kier alpha value is -1.11. The summed E-state index contributed by atoms with van der Waals surface area (Å²) in [4.78, 5) is 15.4. The molecule has 2 aromatic rings. The van der Waals surface area contributed by atoms with Gasteiger partial charge in [-0.05, 0) is 24.5 Å². The molecule has 1 saturated carbocycles. The normalized spacial score (nSPS) is 26.4. The number of rotatable bonds is 4. The van der Waals surface area contributed by atoms with E-state index in [1.54, 1.807) is 23.1 Å². The molecule has 0 spiro atoms. The van der Waals surface area contributed by atoms with Gasteiger partial charge in [0.25, 0.3) is 0 Å². The number of hydrogen-bond acceptors (Lipinski definition) is 5. The third-order valence-corrected chi connectivity index (χ3v) is 5.57. The second-order valence-corrected chi connectivity index (χ2v) is 6.80. The Labute approximate surface area is 112 Å². The Morgan fingerprint density at radius 3 is 3.06 bits per heavy atom. The molecule has 1 fully saturated rings. The fraction of sp³-hybridized carbons (Fsp3) is 0.333. The van der Waals surface area contributed by atoms with E-state index >= 15 is 0 Å². The first-order valence-electron chi connectivity index (χ1n) is 5.60. The highest BCUT2D eigenvalue weighted by molar-refractivity contribution is 8.01. The van der Waals surface area contributed by atoms with Crippen LogP contribution in [0.25, 0.3) is 10.2 Å². The van der Waals surface area contributed by atoms with Crippen LogP contribution in [0.2, 0.25) is 0 Å². The highest BCUT2D eigenvalue weighted by Gasteiger charge is 2.57. The first kappa shape index (κ1) is 12.0. The second-order valence-electron chi connectivity index (χ2n) is 4.51. The zero-order valence-corrected chi connectivity index (χ0v) is 11.1. The number of benzene rings is 1. The monoisotopic (exact) mass is 280 g/mol. The van der Waals surface area contributed by atoms with E-state index in [2.05, 4.69) is 4.98 Å². The number of thioether (sulfide) groups is 1. The zero-order valence-electron chi connectivity index (χ0n) is 9.50. The summed E-state index contributed by atoms with van der Waals surface area (Å²) in [6, 6.07) is 7.98. The standard InChI is InChI=1S/C12H12N2O2S2/c13-12(10(15)16)5-7(12)6-17-11-14-8-3-1-2-4-9(8)18-11/h1-4,7H,5-6,13H2,(H,15,16)/t7-,12-/m0/s1. The summed E-state index contributed by atoms with van der Waals surface area (Å²) in [5, 5.41) is 8.95. The number of thiazole rings is 1. The lowest BCUT2D eigenvalue weighted by Gasteiger charge is -2.03. The van der Waals surface area contributed by atoms with E-state index in [9.17, 15) is 4.79 Å². The summed E-state index contributed by atoms with van der Waals surface area (Å²) in [7, 11) is 0. The molecule has 6 heteroatoms. The van der Waals surface area contributed by atoms with E-state index in [0.29, 0.717) is 6.42 Å². The molecule has 1 aliphatic carbocycles. The Kier molecular flexibility index (Phi) is 2.80. The summed E-state index contributed by atoms with van der Waals surface area (Å²) in [6.07, 6.45) is 0.570. The van der Waals surface area contributed by atoms with E-state index < -0.39 is 11.5 Å². The third kappa shape index (κ3) is 2.00. The van der Waals surface area contributed by atoms with Gasteiger partial charge in [0.2, 0.25) is 0 Å². The average molecular weight is 280 g/mol. The first-order chi connectivity index (χ1) is 8.59. The maximum atomic E-state index is 10.9. The zero-order chi connectivity index (χ0) is 12.8. The van der Waals surface area contributed by atoms with Gasteiger partial charge < -0.3 is 10.8 Å². The maximum absolute atomic E-state index is 10.9. The average Bonchev–Trinajstić information content (AvgIpc) is 2.86. The highest BCUT2D eigenvalue weighted by Crippen LogP contribution is 2.45. The molecule has 18 heavy (non-hydrogen) atoms. The van der Waals surface area contributed by atoms with Gasteiger partial charge >= 0.3 is 5.97 Å². The molecule has 3 N–H and O–H groups in total. The van der Waals surface area contributed by atoms with Gasteiger partial charge in [-0.1, -0.05) is 23.9 Å².